The van der Waals surface area contributed by atoms with Gasteiger partial charge in [-0.3, -0.25) is 4.79 Å². The van der Waals surface area contributed by atoms with Gasteiger partial charge in [0.25, 0.3) is 0 Å². The zero-order valence-electron chi connectivity index (χ0n) is 13.8. The van der Waals surface area contributed by atoms with Gasteiger partial charge in [0.1, 0.15) is 11.9 Å². The molecule has 0 aliphatic carbocycles. The molecule has 0 saturated carbocycles. The summed E-state index contributed by atoms with van der Waals surface area (Å²) in [6.07, 6.45) is 0. The summed E-state index contributed by atoms with van der Waals surface area (Å²) < 4.78 is 13.8. The molecule has 1 atom stereocenters. The van der Waals surface area contributed by atoms with E-state index in [1.165, 1.54) is 17.0 Å². The Kier molecular flexibility index (Phi) is 5.52. The van der Waals surface area contributed by atoms with Crippen molar-refractivity contribution in [3.05, 3.63) is 65.5 Å². The van der Waals surface area contributed by atoms with E-state index in [1.54, 1.807) is 51.4 Å². The summed E-state index contributed by atoms with van der Waals surface area (Å²) in [4.78, 5) is 25.9. The van der Waals surface area contributed by atoms with E-state index in [0.29, 0.717) is 5.56 Å². The molecule has 24 heavy (non-hydrogen) atoms. The summed E-state index contributed by atoms with van der Waals surface area (Å²) in [5, 5.41) is 5.03. The molecule has 6 heteroatoms. The largest absolute Gasteiger partial charge is 0.347 e. The van der Waals surface area contributed by atoms with Gasteiger partial charge < -0.3 is 15.5 Å². The highest BCUT2D eigenvalue weighted by molar-refractivity contribution is 5.94. The topological polar surface area (TPSA) is 61.4 Å². The lowest BCUT2D eigenvalue weighted by atomic mass is 10.1. The monoisotopic (exact) mass is 329 g/mol. The molecule has 0 heterocycles. The van der Waals surface area contributed by atoms with Crippen molar-refractivity contribution in [2.75, 3.05) is 19.4 Å². The molecule has 0 aromatic heterocycles. The number of halogens is 1. The SMILES string of the molecule is Cc1ccc(NC(=O)N[C@H](C(=O)N(C)C)c2ccccc2)c(F)c1. The molecule has 0 unspecified atom stereocenters. The van der Waals surface area contributed by atoms with Crippen molar-refractivity contribution in [2.24, 2.45) is 0 Å². The average Bonchev–Trinajstić information content (AvgIpc) is 2.55. The lowest BCUT2D eigenvalue weighted by Crippen LogP contribution is -2.41. The minimum Gasteiger partial charge on any atom is -0.347 e. The number of anilines is 1. The normalized spacial score (nSPS) is 11.5. The van der Waals surface area contributed by atoms with Gasteiger partial charge >= 0.3 is 6.03 Å². The lowest BCUT2D eigenvalue weighted by molar-refractivity contribution is -0.130. The zero-order chi connectivity index (χ0) is 17.7. The Morgan fingerprint density at radius 3 is 2.33 bits per heavy atom. The Balaban J connectivity index is 2.17. The molecular formula is C18H20FN3O2. The number of rotatable bonds is 4. The van der Waals surface area contributed by atoms with Crippen molar-refractivity contribution < 1.29 is 14.0 Å². The highest BCUT2D eigenvalue weighted by atomic mass is 19.1. The minimum atomic E-state index is -0.852. The van der Waals surface area contributed by atoms with E-state index >= 15 is 0 Å². The van der Waals surface area contributed by atoms with Crippen LogP contribution in [0.25, 0.3) is 0 Å². The fourth-order valence-electron chi connectivity index (χ4n) is 2.20. The number of carbonyl (C=O) groups is 2. The molecule has 2 aromatic rings. The maximum absolute atomic E-state index is 13.8. The van der Waals surface area contributed by atoms with Gasteiger partial charge in [0.05, 0.1) is 5.69 Å². The molecule has 3 amide bonds. The summed E-state index contributed by atoms with van der Waals surface area (Å²) in [5.74, 6) is -0.805. The van der Waals surface area contributed by atoms with Crippen LogP contribution in [-0.4, -0.2) is 30.9 Å². The second kappa shape index (κ2) is 7.59. The number of nitrogens with one attached hydrogen (secondary N) is 2. The number of hydrogen-bond donors (Lipinski definition) is 2. The minimum absolute atomic E-state index is 0.0576. The third kappa shape index (κ3) is 4.32. The van der Waals surface area contributed by atoms with Gasteiger partial charge in [0, 0.05) is 14.1 Å². The van der Waals surface area contributed by atoms with E-state index in [0.717, 1.165) is 5.56 Å². The summed E-state index contributed by atoms with van der Waals surface area (Å²) >= 11 is 0. The molecule has 126 valence electrons. The van der Waals surface area contributed by atoms with Gasteiger partial charge in [0.15, 0.2) is 0 Å². The van der Waals surface area contributed by atoms with Gasteiger partial charge in [-0.1, -0.05) is 36.4 Å². The molecule has 0 aliphatic rings. The lowest BCUT2D eigenvalue weighted by Gasteiger charge is -2.22. The van der Waals surface area contributed by atoms with Gasteiger partial charge in [-0.15, -0.1) is 0 Å². The van der Waals surface area contributed by atoms with Gasteiger partial charge in [-0.25, -0.2) is 9.18 Å². The number of hydrogen-bond acceptors (Lipinski definition) is 2. The third-order valence-corrected chi connectivity index (χ3v) is 3.47. The van der Waals surface area contributed by atoms with Crippen molar-refractivity contribution in [3.8, 4) is 0 Å². The number of likely N-dealkylation sites (N-methyl/N-ethyl adjacent to an activating group) is 1. The van der Waals surface area contributed by atoms with Crippen LogP contribution >= 0.6 is 0 Å². The quantitative estimate of drug-likeness (QED) is 0.905. The van der Waals surface area contributed by atoms with E-state index in [9.17, 15) is 14.0 Å². The molecule has 2 N–H and O–H groups in total. The summed E-state index contributed by atoms with van der Waals surface area (Å²) in [6, 6.07) is 11.9. The number of nitrogens with zero attached hydrogens (tertiary/aromatic N) is 1. The molecule has 0 aliphatic heterocycles. The molecule has 0 fully saturated rings. The number of carbonyl (C=O) groups excluding carboxylic acids is 2. The molecule has 0 saturated heterocycles. The first-order chi connectivity index (χ1) is 11.4. The zero-order valence-corrected chi connectivity index (χ0v) is 13.8. The van der Waals surface area contributed by atoms with E-state index in [4.69, 9.17) is 0 Å². The second-order valence-corrected chi connectivity index (χ2v) is 5.66. The standard InChI is InChI=1S/C18H20FN3O2/c1-12-9-10-15(14(19)11-12)20-18(24)21-16(17(23)22(2)3)13-7-5-4-6-8-13/h4-11,16H,1-3H3,(H2,20,21,24)/t16-/m0/s1. The fourth-order valence-corrected chi connectivity index (χ4v) is 2.20. The van der Waals surface area contributed by atoms with Crippen molar-refractivity contribution in [3.63, 3.8) is 0 Å². The highest BCUT2D eigenvalue weighted by Crippen LogP contribution is 2.17. The van der Waals surface area contributed by atoms with Crippen molar-refractivity contribution >= 4 is 17.6 Å². The summed E-state index contributed by atoms with van der Waals surface area (Å²) in [7, 11) is 3.22. The summed E-state index contributed by atoms with van der Waals surface area (Å²) in [6.45, 7) is 1.76. The smallest absolute Gasteiger partial charge is 0.320 e. The van der Waals surface area contributed by atoms with Gasteiger partial charge in [-0.2, -0.15) is 0 Å². The van der Waals surface area contributed by atoms with Crippen LogP contribution in [-0.2, 0) is 4.79 Å². The Labute approximate surface area is 140 Å². The Morgan fingerprint density at radius 1 is 1.08 bits per heavy atom. The number of urea groups is 1. The van der Waals surface area contributed by atoms with Crippen molar-refractivity contribution in [1.29, 1.82) is 0 Å². The Bertz CT molecular complexity index is 732. The third-order valence-electron chi connectivity index (χ3n) is 3.47. The van der Waals surface area contributed by atoms with E-state index in [1.807, 2.05) is 6.07 Å². The predicted molar refractivity (Wildman–Crippen MR) is 91.2 cm³/mol. The predicted octanol–water partition coefficient (Wildman–Crippen LogP) is 3.09. The first-order valence-electron chi connectivity index (χ1n) is 7.48. The molecular weight excluding hydrogens is 309 g/mol. The molecule has 0 radical (unpaired) electrons. The van der Waals surface area contributed by atoms with Crippen molar-refractivity contribution in [1.82, 2.24) is 10.2 Å². The first-order valence-corrected chi connectivity index (χ1v) is 7.48. The molecule has 0 spiro atoms. The van der Waals surface area contributed by atoms with Crippen molar-refractivity contribution in [2.45, 2.75) is 13.0 Å². The first kappa shape index (κ1) is 17.5. The number of aryl methyl sites for hydroxylation is 1. The summed E-state index contributed by atoms with van der Waals surface area (Å²) in [5.41, 5.74) is 1.46. The Morgan fingerprint density at radius 2 is 1.75 bits per heavy atom. The van der Waals surface area contributed by atoms with Crippen LogP contribution in [0.3, 0.4) is 0 Å². The van der Waals surface area contributed by atoms with Gasteiger partial charge in [-0.05, 0) is 30.2 Å². The van der Waals surface area contributed by atoms with Crippen LogP contribution in [0.5, 0.6) is 0 Å². The van der Waals surface area contributed by atoms with E-state index in [2.05, 4.69) is 10.6 Å². The van der Waals surface area contributed by atoms with Gasteiger partial charge in [0.2, 0.25) is 5.91 Å². The maximum atomic E-state index is 13.8. The molecule has 5 nitrogen and oxygen atoms in total. The Hall–Kier alpha value is -2.89. The maximum Gasteiger partial charge on any atom is 0.320 e. The number of benzene rings is 2. The molecule has 0 bridgehead atoms. The highest BCUT2D eigenvalue weighted by Gasteiger charge is 2.24. The van der Waals surface area contributed by atoms with E-state index < -0.39 is 17.9 Å². The molecule has 2 aromatic carbocycles. The fraction of sp³-hybridized carbons (Fsp3) is 0.222. The van der Waals surface area contributed by atoms with Crippen LogP contribution in [0.1, 0.15) is 17.2 Å². The van der Waals surface area contributed by atoms with E-state index in [-0.39, 0.29) is 11.6 Å². The van der Waals surface area contributed by atoms with Crippen LogP contribution < -0.4 is 10.6 Å². The average molecular weight is 329 g/mol. The molecule has 2 rings (SSSR count). The van der Waals surface area contributed by atoms with Crippen LogP contribution in [0.4, 0.5) is 14.9 Å². The number of amides is 3. The van der Waals surface area contributed by atoms with Crippen LogP contribution in [0.2, 0.25) is 0 Å². The van der Waals surface area contributed by atoms with Crippen LogP contribution in [0.15, 0.2) is 48.5 Å². The van der Waals surface area contributed by atoms with Crippen LogP contribution in [0, 0.1) is 12.7 Å². The second-order valence-electron chi connectivity index (χ2n) is 5.66.